The lowest BCUT2D eigenvalue weighted by Gasteiger charge is -2.26. The quantitative estimate of drug-likeness (QED) is 0.171. The molecule has 34 heavy (non-hydrogen) atoms. The van der Waals surface area contributed by atoms with Crippen molar-refractivity contribution in [1.29, 1.82) is 0 Å². The summed E-state index contributed by atoms with van der Waals surface area (Å²) < 4.78 is 0. The van der Waals surface area contributed by atoms with Crippen LogP contribution in [0.3, 0.4) is 0 Å². The number of aliphatic carboxylic acids is 1. The van der Waals surface area contributed by atoms with Crippen LogP contribution in [0, 0.1) is 5.92 Å². The van der Waals surface area contributed by atoms with Gasteiger partial charge in [-0.25, -0.2) is 0 Å². The summed E-state index contributed by atoms with van der Waals surface area (Å²) in [4.78, 5) is 60.0. The Kier molecular flexibility index (Phi) is 11.5. The van der Waals surface area contributed by atoms with Crippen molar-refractivity contribution in [3.63, 3.8) is 0 Å². The number of aromatic hydroxyl groups is 1. The number of carbonyl (C=O) groups excluding carboxylic acids is 4. The molecule has 12 heteroatoms. The molecule has 1 aromatic carbocycles. The Bertz CT molecular complexity index is 875. The molecule has 4 unspecified atom stereocenters. The second-order valence-electron chi connectivity index (χ2n) is 8.03. The monoisotopic (exact) mass is 479 g/mol. The Balaban J connectivity index is 2.93. The smallest absolute Gasteiger partial charge is 0.322 e. The minimum absolute atomic E-state index is 0.0632. The van der Waals surface area contributed by atoms with Crippen LogP contribution >= 0.6 is 0 Å². The summed E-state index contributed by atoms with van der Waals surface area (Å²) >= 11 is 0. The largest absolute Gasteiger partial charge is 0.508 e. The Morgan fingerprint density at radius 2 is 1.62 bits per heavy atom. The molecular formula is C22H33N5O7. The molecule has 0 spiro atoms. The molecule has 0 aromatic heterocycles. The molecule has 0 radical (unpaired) electrons. The Morgan fingerprint density at radius 1 is 1.00 bits per heavy atom. The van der Waals surface area contributed by atoms with Crippen LogP contribution in [0.2, 0.25) is 0 Å². The lowest BCUT2D eigenvalue weighted by atomic mass is 9.97. The molecule has 0 heterocycles. The topological polar surface area (TPSA) is 214 Å². The van der Waals surface area contributed by atoms with Gasteiger partial charge in [-0.15, -0.1) is 0 Å². The van der Waals surface area contributed by atoms with Crippen LogP contribution in [0.15, 0.2) is 24.3 Å². The summed E-state index contributed by atoms with van der Waals surface area (Å²) in [5.74, 6) is -4.28. The fourth-order valence-electron chi connectivity index (χ4n) is 3.04. The van der Waals surface area contributed by atoms with E-state index < -0.39 is 54.3 Å². The summed E-state index contributed by atoms with van der Waals surface area (Å²) in [7, 11) is 0. The summed E-state index contributed by atoms with van der Waals surface area (Å²) in [6, 6.07) is 2.82. The van der Waals surface area contributed by atoms with Crippen molar-refractivity contribution in [3.05, 3.63) is 29.8 Å². The highest BCUT2D eigenvalue weighted by Gasteiger charge is 2.31. The summed E-state index contributed by atoms with van der Waals surface area (Å²) in [5.41, 5.74) is 11.8. The number of benzene rings is 1. The Morgan fingerprint density at radius 3 is 2.15 bits per heavy atom. The highest BCUT2D eigenvalue weighted by Crippen LogP contribution is 2.12. The average molecular weight is 480 g/mol. The Hall–Kier alpha value is -3.67. The third-order valence-corrected chi connectivity index (χ3v) is 5.25. The third kappa shape index (κ3) is 9.86. The van der Waals surface area contributed by atoms with Gasteiger partial charge in [-0.1, -0.05) is 32.4 Å². The number of hydrogen-bond acceptors (Lipinski definition) is 7. The lowest BCUT2D eigenvalue weighted by molar-refractivity contribution is -0.139. The van der Waals surface area contributed by atoms with Crippen molar-refractivity contribution >= 4 is 29.6 Å². The van der Waals surface area contributed by atoms with Gasteiger partial charge in [0.1, 0.15) is 24.4 Å². The first-order chi connectivity index (χ1) is 15.9. The highest BCUT2D eigenvalue weighted by molar-refractivity contribution is 5.94. The van der Waals surface area contributed by atoms with Crippen molar-refractivity contribution in [2.45, 2.75) is 57.7 Å². The first-order valence-electron chi connectivity index (χ1n) is 10.9. The number of phenols is 1. The number of nitrogens with one attached hydrogen (secondary N) is 3. The number of hydrogen-bond donors (Lipinski definition) is 7. The van der Waals surface area contributed by atoms with E-state index in [1.54, 1.807) is 26.0 Å². The van der Waals surface area contributed by atoms with Gasteiger partial charge >= 0.3 is 5.97 Å². The molecule has 0 fully saturated rings. The predicted octanol–water partition coefficient (Wildman–Crippen LogP) is -1.26. The van der Waals surface area contributed by atoms with Gasteiger partial charge in [0.05, 0.1) is 6.04 Å². The van der Waals surface area contributed by atoms with Gasteiger partial charge in [0, 0.05) is 6.42 Å². The van der Waals surface area contributed by atoms with Crippen LogP contribution in [0.5, 0.6) is 5.75 Å². The van der Waals surface area contributed by atoms with Gasteiger partial charge in [0.2, 0.25) is 23.6 Å². The van der Waals surface area contributed by atoms with Crippen LogP contribution in [0.4, 0.5) is 0 Å². The van der Waals surface area contributed by atoms with E-state index in [0.717, 1.165) is 0 Å². The van der Waals surface area contributed by atoms with Gasteiger partial charge in [-0.05, 0) is 36.5 Å². The van der Waals surface area contributed by atoms with Gasteiger partial charge in [0.25, 0.3) is 0 Å². The molecule has 0 saturated heterocycles. The molecule has 4 atom stereocenters. The Labute approximate surface area is 197 Å². The maximum Gasteiger partial charge on any atom is 0.322 e. The van der Waals surface area contributed by atoms with Crippen LogP contribution in [-0.2, 0) is 30.4 Å². The third-order valence-electron chi connectivity index (χ3n) is 5.25. The number of phenolic OH excluding ortho intramolecular Hbond substituents is 1. The first-order valence-corrected chi connectivity index (χ1v) is 10.9. The first kappa shape index (κ1) is 28.4. The van der Waals surface area contributed by atoms with E-state index in [4.69, 9.17) is 16.6 Å². The molecule has 1 aromatic rings. The van der Waals surface area contributed by atoms with E-state index in [0.29, 0.717) is 12.0 Å². The molecule has 0 aliphatic rings. The van der Waals surface area contributed by atoms with E-state index in [-0.39, 0.29) is 30.9 Å². The van der Waals surface area contributed by atoms with Crippen molar-refractivity contribution < 1.29 is 34.2 Å². The standard InChI is InChI=1S/C22H33N5O7/c1-3-12(2)19(22(34)25-11-18(30)31)27-21(33)16(8-9-17(24)29)26-20(32)15(23)10-13-4-6-14(28)7-5-13/h4-7,12,15-16,19,28H,3,8-11,23H2,1-2H3,(H2,24,29)(H,25,34)(H,26,32)(H,27,33)(H,30,31). The minimum Gasteiger partial charge on any atom is -0.508 e. The fourth-order valence-corrected chi connectivity index (χ4v) is 3.04. The normalized spacial score (nSPS) is 14.2. The average Bonchev–Trinajstić information content (AvgIpc) is 2.78. The molecule has 4 amide bonds. The molecular weight excluding hydrogens is 446 g/mol. The minimum atomic E-state index is -1.24. The van der Waals surface area contributed by atoms with E-state index >= 15 is 0 Å². The predicted molar refractivity (Wildman–Crippen MR) is 122 cm³/mol. The van der Waals surface area contributed by atoms with Crippen LogP contribution < -0.4 is 27.4 Å². The van der Waals surface area contributed by atoms with E-state index in [9.17, 15) is 29.1 Å². The maximum atomic E-state index is 12.9. The number of rotatable bonds is 14. The molecule has 0 bridgehead atoms. The molecule has 0 aliphatic carbocycles. The SMILES string of the molecule is CCC(C)C(NC(=O)C(CCC(N)=O)NC(=O)C(N)Cc1ccc(O)cc1)C(=O)NCC(=O)O. The molecule has 9 N–H and O–H groups in total. The molecule has 12 nitrogen and oxygen atoms in total. The fraction of sp³-hybridized carbons (Fsp3) is 0.500. The van der Waals surface area contributed by atoms with Crippen LogP contribution in [0.1, 0.15) is 38.7 Å². The number of primary amides is 1. The van der Waals surface area contributed by atoms with Crippen molar-refractivity contribution in [2.75, 3.05) is 6.54 Å². The zero-order chi connectivity index (χ0) is 25.8. The second-order valence-corrected chi connectivity index (χ2v) is 8.03. The number of amides is 4. The zero-order valence-corrected chi connectivity index (χ0v) is 19.2. The summed E-state index contributed by atoms with van der Waals surface area (Å²) in [6.07, 6.45) is 0.304. The maximum absolute atomic E-state index is 12.9. The van der Waals surface area contributed by atoms with Crippen LogP contribution in [0.25, 0.3) is 0 Å². The van der Waals surface area contributed by atoms with Gasteiger partial charge in [-0.3, -0.25) is 24.0 Å². The molecule has 0 saturated carbocycles. The van der Waals surface area contributed by atoms with E-state index in [1.165, 1.54) is 12.1 Å². The molecule has 1 rings (SSSR count). The van der Waals surface area contributed by atoms with E-state index in [1.807, 2.05) is 0 Å². The number of carbonyl (C=O) groups is 5. The molecule has 0 aliphatic heterocycles. The summed E-state index contributed by atoms with van der Waals surface area (Å²) in [5, 5.41) is 25.4. The lowest BCUT2D eigenvalue weighted by Crippen LogP contribution is -2.57. The number of carboxylic acids is 1. The summed E-state index contributed by atoms with van der Waals surface area (Å²) in [6.45, 7) is 2.88. The molecule has 188 valence electrons. The van der Waals surface area contributed by atoms with Crippen molar-refractivity contribution in [1.82, 2.24) is 16.0 Å². The number of nitrogens with two attached hydrogens (primary N) is 2. The van der Waals surface area contributed by atoms with Gasteiger partial charge in [0.15, 0.2) is 0 Å². The second kappa shape index (κ2) is 13.8. The van der Waals surface area contributed by atoms with Crippen molar-refractivity contribution in [3.8, 4) is 5.75 Å². The van der Waals surface area contributed by atoms with Crippen molar-refractivity contribution in [2.24, 2.45) is 17.4 Å². The van der Waals surface area contributed by atoms with E-state index in [2.05, 4.69) is 16.0 Å². The number of carboxylic acid groups (broad SMARTS) is 1. The van der Waals surface area contributed by atoms with Gasteiger partial charge < -0.3 is 37.6 Å². The van der Waals surface area contributed by atoms with Crippen LogP contribution in [-0.4, -0.2) is 64.5 Å². The van der Waals surface area contributed by atoms with Gasteiger partial charge in [-0.2, -0.15) is 0 Å². The highest BCUT2D eigenvalue weighted by atomic mass is 16.4. The zero-order valence-electron chi connectivity index (χ0n) is 19.2.